The van der Waals surface area contributed by atoms with Crippen LogP contribution in [-0.2, 0) is 0 Å². The molecule has 0 aliphatic carbocycles. The molecule has 0 amide bonds. The number of nitrogens with zero attached hydrogens (tertiary/aromatic N) is 1. The van der Waals surface area contributed by atoms with Gasteiger partial charge in [0.2, 0.25) is 0 Å². The van der Waals surface area contributed by atoms with Gasteiger partial charge in [-0.15, -0.1) is 0 Å². The van der Waals surface area contributed by atoms with Gasteiger partial charge < -0.3 is 10.1 Å². The van der Waals surface area contributed by atoms with E-state index in [9.17, 15) is 0 Å². The normalized spacial score (nSPS) is 11.1. The molecule has 0 atom stereocenters. The van der Waals surface area contributed by atoms with Gasteiger partial charge in [-0.1, -0.05) is 24.6 Å². The Labute approximate surface area is 103 Å². The summed E-state index contributed by atoms with van der Waals surface area (Å²) in [7, 11) is 1.57. The predicted octanol–water partition coefficient (Wildman–Crippen LogP) is 2.58. The van der Waals surface area contributed by atoms with Crippen LogP contribution >= 0.6 is 0 Å². The van der Waals surface area contributed by atoms with Crippen molar-refractivity contribution in [2.45, 2.75) is 13.8 Å². The van der Waals surface area contributed by atoms with E-state index in [2.05, 4.69) is 31.3 Å². The number of nitriles is 1. The lowest BCUT2D eigenvalue weighted by molar-refractivity contribution is 0.413. The lowest BCUT2D eigenvalue weighted by atomic mass is 10.1. The van der Waals surface area contributed by atoms with Crippen molar-refractivity contribution in [2.75, 3.05) is 20.2 Å². The fourth-order valence-corrected chi connectivity index (χ4v) is 1.56. The second kappa shape index (κ2) is 6.72. The molecular weight excluding hydrogens is 212 g/mol. The third-order valence-corrected chi connectivity index (χ3v) is 2.41. The standard InChI is InChI=1S/C14H18N2O/c1-4-16-10-11(2)7-12-5-6-14(17-3)13(8-12)9-15/h5-8,16H,4,10H2,1-3H3. The number of hydrogen-bond acceptors (Lipinski definition) is 3. The first-order chi connectivity index (χ1) is 8.21. The second-order valence-electron chi connectivity index (χ2n) is 3.84. The number of benzene rings is 1. The number of hydrogen-bond donors (Lipinski definition) is 1. The van der Waals surface area contributed by atoms with Gasteiger partial charge in [0.25, 0.3) is 0 Å². The van der Waals surface area contributed by atoms with Crippen molar-refractivity contribution < 1.29 is 4.74 Å². The van der Waals surface area contributed by atoms with Crippen molar-refractivity contribution in [3.05, 3.63) is 34.9 Å². The van der Waals surface area contributed by atoms with Crippen molar-refractivity contribution >= 4 is 6.08 Å². The zero-order chi connectivity index (χ0) is 12.7. The van der Waals surface area contributed by atoms with Gasteiger partial charge in [-0.05, 0) is 31.2 Å². The summed E-state index contributed by atoms with van der Waals surface area (Å²) in [5, 5.41) is 12.2. The molecule has 0 saturated heterocycles. The van der Waals surface area contributed by atoms with Gasteiger partial charge in [0, 0.05) is 6.54 Å². The first-order valence-corrected chi connectivity index (χ1v) is 5.67. The summed E-state index contributed by atoms with van der Waals surface area (Å²) in [4.78, 5) is 0. The maximum absolute atomic E-state index is 8.99. The molecule has 0 unspecified atom stereocenters. The van der Waals surface area contributed by atoms with Crippen LogP contribution in [-0.4, -0.2) is 20.2 Å². The van der Waals surface area contributed by atoms with Crippen LogP contribution in [0.1, 0.15) is 25.0 Å². The van der Waals surface area contributed by atoms with Crippen LogP contribution in [0.3, 0.4) is 0 Å². The van der Waals surface area contributed by atoms with Gasteiger partial charge in [-0.3, -0.25) is 0 Å². The maximum atomic E-state index is 8.99. The predicted molar refractivity (Wildman–Crippen MR) is 69.9 cm³/mol. The van der Waals surface area contributed by atoms with Gasteiger partial charge in [0.05, 0.1) is 12.7 Å². The zero-order valence-electron chi connectivity index (χ0n) is 10.6. The van der Waals surface area contributed by atoms with E-state index in [1.807, 2.05) is 18.2 Å². The average molecular weight is 230 g/mol. The minimum absolute atomic E-state index is 0.567. The number of nitrogens with one attached hydrogen (secondary N) is 1. The summed E-state index contributed by atoms with van der Waals surface area (Å²) in [6.07, 6.45) is 2.07. The molecule has 17 heavy (non-hydrogen) atoms. The minimum atomic E-state index is 0.567. The molecule has 0 aliphatic heterocycles. The zero-order valence-corrected chi connectivity index (χ0v) is 10.6. The van der Waals surface area contributed by atoms with Gasteiger partial charge >= 0.3 is 0 Å². The van der Waals surface area contributed by atoms with Gasteiger partial charge in [0.1, 0.15) is 11.8 Å². The highest BCUT2D eigenvalue weighted by Crippen LogP contribution is 2.20. The Kier molecular flexibility index (Phi) is 5.25. The van der Waals surface area contributed by atoms with Gasteiger partial charge in [-0.25, -0.2) is 0 Å². The highest BCUT2D eigenvalue weighted by molar-refractivity contribution is 5.58. The Bertz CT molecular complexity index is 444. The Hall–Kier alpha value is -1.79. The summed E-state index contributed by atoms with van der Waals surface area (Å²) in [5.41, 5.74) is 2.83. The maximum Gasteiger partial charge on any atom is 0.136 e. The highest BCUT2D eigenvalue weighted by Gasteiger charge is 2.02. The Balaban J connectivity index is 2.89. The summed E-state index contributed by atoms with van der Waals surface area (Å²) in [6, 6.07) is 7.75. The smallest absolute Gasteiger partial charge is 0.136 e. The molecule has 3 nitrogen and oxygen atoms in total. The van der Waals surface area contributed by atoms with Crippen molar-refractivity contribution in [3.8, 4) is 11.8 Å². The van der Waals surface area contributed by atoms with E-state index < -0.39 is 0 Å². The van der Waals surface area contributed by atoms with E-state index in [4.69, 9.17) is 10.00 Å². The number of rotatable bonds is 5. The Morgan fingerprint density at radius 2 is 2.29 bits per heavy atom. The second-order valence-corrected chi connectivity index (χ2v) is 3.84. The lowest BCUT2D eigenvalue weighted by Crippen LogP contribution is -2.14. The summed E-state index contributed by atoms with van der Waals surface area (Å²) < 4.78 is 5.11. The van der Waals surface area contributed by atoms with E-state index in [-0.39, 0.29) is 0 Å². The molecule has 0 heterocycles. The first-order valence-electron chi connectivity index (χ1n) is 5.67. The molecular formula is C14H18N2O. The van der Waals surface area contributed by atoms with E-state index in [1.54, 1.807) is 7.11 Å². The first kappa shape index (κ1) is 13.3. The van der Waals surface area contributed by atoms with Crippen molar-refractivity contribution in [3.63, 3.8) is 0 Å². The number of methoxy groups -OCH3 is 1. The SMILES string of the molecule is CCNCC(C)=Cc1ccc(OC)c(C#N)c1. The Morgan fingerprint density at radius 3 is 2.88 bits per heavy atom. The van der Waals surface area contributed by atoms with E-state index >= 15 is 0 Å². The molecule has 3 heteroatoms. The molecule has 0 spiro atoms. The molecule has 1 rings (SSSR count). The van der Waals surface area contributed by atoms with Crippen LogP contribution in [0.25, 0.3) is 6.08 Å². The Morgan fingerprint density at radius 1 is 1.53 bits per heavy atom. The van der Waals surface area contributed by atoms with Crippen LogP contribution in [0.4, 0.5) is 0 Å². The van der Waals surface area contributed by atoms with E-state index in [0.717, 1.165) is 18.7 Å². The lowest BCUT2D eigenvalue weighted by Gasteiger charge is -2.05. The summed E-state index contributed by atoms with van der Waals surface area (Å²) in [5.74, 6) is 0.619. The topological polar surface area (TPSA) is 45.0 Å². The molecule has 0 aliphatic rings. The molecule has 1 aromatic rings. The van der Waals surface area contributed by atoms with Crippen molar-refractivity contribution in [1.29, 1.82) is 5.26 Å². The third kappa shape index (κ3) is 3.93. The quantitative estimate of drug-likeness (QED) is 0.845. The highest BCUT2D eigenvalue weighted by atomic mass is 16.5. The minimum Gasteiger partial charge on any atom is -0.495 e. The van der Waals surface area contributed by atoms with Crippen molar-refractivity contribution in [1.82, 2.24) is 5.32 Å². The molecule has 1 aromatic carbocycles. The van der Waals surface area contributed by atoms with Crippen LogP contribution in [0.15, 0.2) is 23.8 Å². The molecule has 1 N–H and O–H groups in total. The van der Waals surface area contributed by atoms with Gasteiger partial charge in [-0.2, -0.15) is 5.26 Å². The van der Waals surface area contributed by atoms with Crippen LogP contribution in [0.5, 0.6) is 5.75 Å². The summed E-state index contributed by atoms with van der Waals surface area (Å²) in [6.45, 7) is 5.97. The molecule has 0 bridgehead atoms. The molecule has 90 valence electrons. The molecule has 0 aromatic heterocycles. The number of ether oxygens (including phenoxy) is 1. The fourth-order valence-electron chi connectivity index (χ4n) is 1.56. The third-order valence-electron chi connectivity index (χ3n) is 2.41. The fraction of sp³-hybridized carbons (Fsp3) is 0.357. The average Bonchev–Trinajstić information content (AvgIpc) is 2.36. The van der Waals surface area contributed by atoms with Crippen molar-refractivity contribution in [2.24, 2.45) is 0 Å². The van der Waals surface area contributed by atoms with Crippen LogP contribution < -0.4 is 10.1 Å². The molecule has 0 radical (unpaired) electrons. The van der Waals surface area contributed by atoms with Gasteiger partial charge in [0.15, 0.2) is 0 Å². The van der Waals surface area contributed by atoms with Crippen LogP contribution in [0.2, 0.25) is 0 Å². The van der Waals surface area contributed by atoms with Crippen LogP contribution in [0, 0.1) is 11.3 Å². The molecule has 0 saturated carbocycles. The largest absolute Gasteiger partial charge is 0.495 e. The monoisotopic (exact) mass is 230 g/mol. The summed E-state index contributed by atoms with van der Waals surface area (Å²) >= 11 is 0. The van der Waals surface area contributed by atoms with E-state index in [1.165, 1.54) is 5.57 Å². The molecule has 0 fully saturated rings. The number of likely N-dealkylation sites (N-methyl/N-ethyl adjacent to an activating group) is 1. The van der Waals surface area contributed by atoms with E-state index in [0.29, 0.717) is 11.3 Å².